The molecule has 6 nitrogen and oxygen atoms in total. The van der Waals surface area contributed by atoms with Crippen LogP contribution in [0.15, 0.2) is 65.6 Å². The van der Waals surface area contributed by atoms with Crippen LogP contribution in [0.2, 0.25) is 5.02 Å². The van der Waals surface area contributed by atoms with Crippen LogP contribution in [-0.4, -0.2) is 37.5 Å². The summed E-state index contributed by atoms with van der Waals surface area (Å²) in [7, 11) is -3.76. The van der Waals surface area contributed by atoms with E-state index in [1.54, 1.807) is 50.2 Å². The highest BCUT2D eigenvalue weighted by Crippen LogP contribution is 2.30. The first-order chi connectivity index (χ1) is 17.1. The lowest BCUT2D eigenvalue weighted by Gasteiger charge is -2.32. The third-order valence-corrected chi connectivity index (χ3v) is 8.88. The van der Waals surface area contributed by atoms with E-state index in [0.717, 1.165) is 5.56 Å². The zero-order chi connectivity index (χ0) is 26.0. The molecule has 4 rings (SSSR count). The Bertz CT molecular complexity index is 1400. The molecular weight excluding hydrogens is 496 g/mol. The lowest BCUT2D eigenvalue weighted by molar-refractivity contribution is -0.120. The molecule has 1 aliphatic rings. The maximum Gasteiger partial charge on any atom is 0.243 e. The lowest BCUT2D eigenvalue weighted by atomic mass is 9.97. The third-order valence-electron chi connectivity index (χ3n) is 6.48. The van der Waals surface area contributed by atoms with Crippen molar-refractivity contribution in [3.63, 3.8) is 0 Å². The van der Waals surface area contributed by atoms with Crippen LogP contribution in [-0.2, 0) is 14.8 Å². The normalized spacial score (nSPS) is 16.5. The molecule has 0 unspecified atom stereocenters. The number of nitrogens with zero attached hydrogens (tertiary/aromatic N) is 1. The number of amides is 1. The highest BCUT2D eigenvalue weighted by atomic mass is 35.5. The molecule has 3 aromatic rings. The predicted molar refractivity (Wildman–Crippen MR) is 142 cm³/mol. The van der Waals surface area contributed by atoms with Gasteiger partial charge in [0.25, 0.3) is 0 Å². The largest absolute Gasteiger partial charge is 0.325 e. The predicted octanol–water partition coefficient (Wildman–Crippen LogP) is 5.54. The first-order valence-corrected chi connectivity index (χ1v) is 13.7. The third kappa shape index (κ3) is 5.38. The molecule has 0 aliphatic carbocycles. The van der Waals surface area contributed by atoms with Crippen molar-refractivity contribution in [2.45, 2.75) is 38.5 Å². The van der Waals surface area contributed by atoms with Gasteiger partial charge < -0.3 is 5.32 Å². The summed E-state index contributed by atoms with van der Waals surface area (Å²) in [5.74, 6) is -1.13. The van der Waals surface area contributed by atoms with Crippen LogP contribution in [0.1, 0.15) is 45.5 Å². The van der Waals surface area contributed by atoms with Gasteiger partial charge in [-0.15, -0.1) is 0 Å². The van der Waals surface area contributed by atoms with Crippen LogP contribution >= 0.6 is 11.6 Å². The Labute approximate surface area is 217 Å². The van der Waals surface area contributed by atoms with Crippen molar-refractivity contribution in [3.8, 4) is 0 Å². The Morgan fingerprint density at radius 3 is 2.31 bits per heavy atom. The minimum atomic E-state index is -3.76. The quantitative estimate of drug-likeness (QED) is 0.429. The molecule has 1 aliphatic heterocycles. The number of carbonyl (C=O) groups is 2. The van der Waals surface area contributed by atoms with Crippen LogP contribution in [0.5, 0.6) is 0 Å². The number of nitrogens with one attached hydrogen (secondary N) is 1. The SMILES string of the molecule is Cc1cc(C)c(S(=O)(=O)N2CCC[C@H](C(=O)Nc3ccc(Cl)cc3C(=O)c3ccccc3)C2)c(C)c1. The van der Waals surface area contributed by atoms with Crippen molar-refractivity contribution in [2.75, 3.05) is 18.4 Å². The number of sulfonamides is 1. The van der Waals surface area contributed by atoms with Crippen molar-refractivity contribution >= 4 is 39.0 Å². The second-order valence-electron chi connectivity index (χ2n) is 9.30. The molecule has 3 aromatic carbocycles. The van der Waals surface area contributed by atoms with Gasteiger partial charge >= 0.3 is 0 Å². The van der Waals surface area contributed by atoms with Crippen LogP contribution in [0, 0.1) is 26.7 Å². The summed E-state index contributed by atoms with van der Waals surface area (Å²) in [5, 5.41) is 3.24. The average molecular weight is 525 g/mol. The summed E-state index contributed by atoms with van der Waals surface area (Å²) in [4.78, 5) is 26.7. The number of rotatable bonds is 6. The molecule has 0 spiro atoms. The molecule has 188 valence electrons. The van der Waals surface area contributed by atoms with E-state index in [4.69, 9.17) is 11.6 Å². The van der Waals surface area contributed by atoms with E-state index in [2.05, 4.69) is 5.32 Å². The Kier molecular flexibility index (Phi) is 7.64. The van der Waals surface area contributed by atoms with Crippen LogP contribution in [0.25, 0.3) is 0 Å². The van der Waals surface area contributed by atoms with Gasteiger partial charge in [-0.1, -0.05) is 59.6 Å². The molecule has 1 N–H and O–H groups in total. The summed E-state index contributed by atoms with van der Waals surface area (Å²) in [6.45, 7) is 5.97. The Morgan fingerprint density at radius 2 is 1.64 bits per heavy atom. The number of aryl methyl sites for hydroxylation is 3. The molecule has 1 fully saturated rings. The Balaban J connectivity index is 1.56. The van der Waals surface area contributed by atoms with E-state index < -0.39 is 15.9 Å². The number of ketones is 1. The van der Waals surface area contributed by atoms with E-state index in [9.17, 15) is 18.0 Å². The van der Waals surface area contributed by atoms with Gasteiger partial charge in [-0.3, -0.25) is 9.59 Å². The van der Waals surface area contributed by atoms with Gasteiger partial charge in [0.15, 0.2) is 5.78 Å². The summed E-state index contributed by atoms with van der Waals surface area (Å²) >= 11 is 6.16. The standard InChI is InChI=1S/C28H29ClN2O4S/c1-18-14-19(2)27(20(3)15-18)36(34,35)31-13-7-10-22(17-31)28(33)30-25-12-11-23(29)16-24(25)26(32)21-8-5-4-6-9-21/h4-6,8-9,11-12,14-16,22H,7,10,13,17H2,1-3H3,(H,30,33)/t22-/m0/s1. The molecule has 1 amide bonds. The number of halogens is 1. The molecule has 1 atom stereocenters. The molecule has 36 heavy (non-hydrogen) atoms. The second kappa shape index (κ2) is 10.5. The summed E-state index contributed by atoms with van der Waals surface area (Å²) < 4.78 is 28.5. The number of hydrogen-bond donors (Lipinski definition) is 1. The van der Waals surface area contributed by atoms with E-state index in [1.165, 1.54) is 10.4 Å². The molecule has 1 heterocycles. The van der Waals surface area contributed by atoms with Gasteiger partial charge in [0.1, 0.15) is 0 Å². The molecule has 0 bridgehead atoms. The zero-order valence-electron chi connectivity index (χ0n) is 20.5. The van der Waals surface area contributed by atoms with Gasteiger partial charge in [0.2, 0.25) is 15.9 Å². The summed E-state index contributed by atoms with van der Waals surface area (Å²) in [6.07, 6.45) is 1.12. The highest BCUT2D eigenvalue weighted by Gasteiger charge is 2.35. The van der Waals surface area contributed by atoms with Crippen molar-refractivity contribution in [2.24, 2.45) is 5.92 Å². The minimum Gasteiger partial charge on any atom is -0.325 e. The average Bonchev–Trinajstić information content (AvgIpc) is 2.84. The fourth-order valence-corrected chi connectivity index (χ4v) is 6.98. The van der Waals surface area contributed by atoms with E-state index >= 15 is 0 Å². The molecule has 8 heteroatoms. The zero-order valence-corrected chi connectivity index (χ0v) is 22.1. The van der Waals surface area contributed by atoms with Crippen molar-refractivity contribution in [3.05, 3.63) is 93.5 Å². The highest BCUT2D eigenvalue weighted by molar-refractivity contribution is 7.89. The fraction of sp³-hybridized carbons (Fsp3) is 0.286. The van der Waals surface area contributed by atoms with E-state index in [1.807, 2.05) is 25.1 Å². The van der Waals surface area contributed by atoms with Crippen molar-refractivity contribution < 1.29 is 18.0 Å². The summed E-state index contributed by atoms with van der Waals surface area (Å²) in [6, 6.07) is 17.2. The van der Waals surface area contributed by atoms with Gasteiger partial charge in [0.05, 0.1) is 16.5 Å². The Hall–Kier alpha value is -3.00. The van der Waals surface area contributed by atoms with E-state index in [0.29, 0.717) is 51.7 Å². The summed E-state index contributed by atoms with van der Waals surface area (Å²) in [5.41, 5.74) is 3.52. The van der Waals surface area contributed by atoms with Crippen LogP contribution in [0.3, 0.4) is 0 Å². The number of hydrogen-bond acceptors (Lipinski definition) is 4. The number of carbonyl (C=O) groups excluding carboxylic acids is 2. The Morgan fingerprint density at radius 1 is 0.972 bits per heavy atom. The number of piperidine rings is 1. The monoisotopic (exact) mass is 524 g/mol. The molecular formula is C28H29ClN2O4S. The maximum atomic E-state index is 13.5. The van der Waals surface area contributed by atoms with Gasteiger partial charge in [0, 0.05) is 29.2 Å². The molecule has 1 saturated heterocycles. The van der Waals surface area contributed by atoms with Gasteiger partial charge in [-0.2, -0.15) is 4.31 Å². The van der Waals surface area contributed by atoms with Crippen LogP contribution < -0.4 is 5.32 Å². The topological polar surface area (TPSA) is 83.6 Å². The first-order valence-electron chi connectivity index (χ1n) is 11.9. The first kappa shape index (κ1) is 26.1. The second-order valence-corrected chi connectivity index (χ2v) is 11.6. The molecule has 0 saturated carbocycles. The number of benzene rings is 3. The fourth-order valence-electron chi connectivity index (χ4n) is 4.87. The number of anilines is 1. The van der Waals surface area contributed by atoms with Crippen molar-refractivity contribution in [1.29, 1.82) is 0 Å². The van der Waals surface area contributed by atoms with Crippen molar-refractivity contribution in [1.82, 2.24) is 4.31 Å². The minimum absolute atomic E-state index is 0.0798. The van der Waals surface area contributed by atoms with E-state index in [-0.39, 0.29) is 23.8 Å². The lowest BCUT2D eigenvalue weighted by Crippen LogP contribution is -2.44. The smallest absolute Gasteiger partial charge is 0.243 e. The molecule has 0 aromatic heterocycles. The van der Waals surface area contributed by atoms with Crippen LogP contribution in [0.4, 0.5) is 5.69 Å². The van der Waals surface area contributed by atoms with Gasteiger partial charge in [-0.25, -0.2) is 8.42 Å². The molecule has 0 radical (unpaired) electrons. The maximum absolute atomic E-state index is 13.5. The van der Waals surface area contributed by atoms with Gasteiger partial charge in [-0.05, 0) is 62.9 Å².